The first-order chi connectivity index (χ1) is 12.6. The number of nitrogens with zero attached hydrogens (tertiary/aromatic N) is 2. The van der Waals surface area contributed by atoms with E-state index in [1.165, 1.54) is 0 Å². The van der Waals surface area contributed by atoms with Crippen LogP contribution in [0.5, 0.6) is 0 Å². The molecule has 0 saturated carbocycles. The fourth-order valence-electron chi connectivity index (χ4n) is 2.96. The van der Waals surface area contributed by atoms with Gasteiger partial charge in [0.15, 0.2) is 11.6 Å². The van der Waals surface area contributed by atoms with E-state index in [0.29, 0.717) is 5.56 Å². The number of H-pyrrole nitrogens is 1. The Hall–Kier alpha value is -3.47. The molecule has 0 amide bonds. The third-order valence-corrected chi connectivity index (χ3v) is 4.27. The first-order valence-electron chi connectivity index (χ1n) is 8.40. The molecule has 5 heteroatoms. The minimum atomic E-state index is 0.0543. The molecule has 0 atom stereocenters. The van der Waals surface area contributed by atoms with Gasteiger partial charge in [-0.15, -0.1) is 0 Å². The molecule has 4 aromatic rings. The van der Waals surface area contributed by atoms with Crippen LogP contribution in [0.3, 0.4) is 0 Å². The van der Waals surface area contributed by atoms with Gasteiger partial charge in [-0.3, -0.25) is 9.89 Å². The van der Waals surface area contributed by atoms with Gasteiger partial charge in [-0.1, -0.05) is 48.5 Å². The lowest BCUT2D eigenvalue weighted by molar-refractivity contribution is 0.101. The number of benzene rings is 2. The smallest absolute Gasteiger partial charge is 0.159 e. The third-order valence-electron chi connectivity index (χ3n) is 4.27. The van der Waals surface area contributed by atoms with Crippen LogP contribution in [0.25, 0.3) is 22.0 Å². The van der Waals surface area contributed by atoms with Crippen molar-refractivity contribution in [1.82, 2.24) is 15.2 Å². The molecule has 5 nitrogen and oxygen atoms in total. The number of aromatic nitrogens is 3. The third kappa shape index (κ3) is 3.07. The number of nitrogens with one attached hydrogen (secondary N) is 2. The molecular formula is C21H18N4O. The molecule has 4 rings (SSSR count). The maximum Gasteiger partial charge on any atom is 0.159 e. The predicted molar refractivity (Wildman–Crippen MR) is 104 cm³/mol. The lowest BCUT2D eigenvalue weighted by Gasteiger charge is -2.10. The van der Waals surface area contributed by atoms with Gasteiger partial charge in [0, 0.05) is 28.3 Å². The number of ketones is 1. The molecule has 2 heterocycles. The van der Waals surface area contributed by atoms with Crippen molar-refractivity contribution in [1.29, 1.82) is 0 Å². The molecular weight excluding hydrogens is 324 g/mol. The van der Waals surface area contributed by atoms with Crippen LogP contribution in [0.4, 0.5) is 11.6 Å². The molecule has 0 fully saturated rings. The number of rotatable bonds is 4. The van der Waals surface area contributed by atoms with Crippen LogP contribution in [0.1, 0.15) is 23.0 Å². The van der Waals surface area contributed by atoms with Gasteiger partial charge in [0.25, 0.3) is 0 Å². The fourth-order valence-corrected chi connectivity index (χ4v) is 2.96. The number of carbonyl (C=O) groups excluding carboxylic acids is 1. The molecule has 0 spiro atoms. The summed E-state index contributed by atoms with van der Waals surface area (Å²) in [7, 11) is 0. The maximum absolute atomic E-state index is 11.5. The van der Waals surface area contributed by atoms with Crippen LogP contribution in [-0.4, -0.2) is 21.0 Å². The van der Waals surface area contributed by atoms with Crippen molar-refractivity contribution in [2.24, 2.45) is 0 Å². The fraction of sp³-hybridized carbons (Fsp3) is 0.0952. The number of aromatic amines is 1. The number of pyridine rings is 1. The Morgan fingerprint density at radius 2 is 1.77 bits per heavy atom. The first-order valence-corrected chi connectivity index (χ1v) is 8.40. The topological polar surface area (TPSA) is 70.7 Å². The van der Waals surface area contributed by atoms with E-state index in [1.54, 1.807) is 6.92 Å². The van der Waals surface area contributed by atoms with Crippen molar-refractivity contribution in [3.8, 4) is 11.3 Å². The van der Waals surface area contributed by atoms with Crippen molar-refractivity contribution in [2.45, 2.75) is 13.8 Å². The molecule has 2 N–H and O–H groups in total. The first kappa shape index (κ1) is 16.0. The van der Waals surface area contributed by atoms with E-state index < -0.39 is 0 Å². The Balaban J connectivity index is 1.82. The summed E-state index contributed by atoms with van der Waals surface area (Å²) < 4.78 is 0. The summed E-state index contributed by atoms with van der Waals surface area (Å²) in [5.41, 5.74) is 3.51. The Kier molecular flexibility index (Phi) is 3.97. The van der Waals surface area contributed by atoms with Gasteiger partial charge < -0.3 is 5.32 Å². The highest BCUT2D eigenvalue weighted by Crippen LogP contribution is 2.30. The molecule has 128 valence electrons. The average molecular weight is 342 g/mol. The quantitative estimate of drug-likeness (QED) is 0.519. The van der Waals surface area contributed by atoms with Crippen molar-refractivity contribution in [2.75, 3.05) is 5.32 Å². The van der Waals surface area contributed by atoms with Gasteiger partial charge in [-0.2, -0.15) is 5.10 Å². The predicted octanol–water partition coefficient (Wildman–Crippen LogP) is 4.88. The summed E-state index contributed by atoms with van der Waals surface area (Å²) in [6.07, 6.45) is 0. The number of aryl methyl sites for hydroxylation is 1. The Morgan fingerprint density at radius 1 is 1.00 bits per heavy atom. The zero-order valence-electron chi connectivity index (χ0n) is 14.6. The summed E-state index contributed by atoms with van der Waals surface area (Å²) in [6, 6.07) is 19.6. The molecule has 0 aliphatic carbocycles. The van der Waals surface area contributed by atoms with Gasteiger partial charge in [0.05, 0.1) is 5.69 Å². The second-order valence-electron chi connectivity index (χ2n) is 6.27. The SMILES string of the molecule is CC(=O)c1ccc(-c2nc(Nc3cc(C)[nH]n3)cc3ccccc23)cc1. The summed E-state index contributed by atoms with van der Waals surface area (Å²) in [6.45, 7) is 3.52. The van der Waals surface area contributed by atoms with Crippen LogP contribution >= 0.6 is 0 Å². The Labute approximate surface area is 151 Å². The summed E-state index contributed by atoms with van der Waals surface area (Å²) in [4.78, 5) is 16.3. The van der Waals surface area contributed by atoms with Crippen molar-refractivity contribution in [3.05, 3.63) is 71.9 Å². The van der Waals surface area contributed by atoms with Gasteiger partial charge in [-0.05, 0) is 25.3 Å². The van der Waals surface area contributed by atoms with E-state index >= 15 is 0 Å². The number of hydrogen-bond acceptors (Lipinski definition) is 4. The van der Waals surface area contributed by atoms with E-state index in [2.05, 4.69) is 27.6 Å². The van der Waals surface area contributed by atoms with Gasteiger partial charge in [-0.25, -0.2) is 4.98 Å². The monoisotopic (exact) mass is 342 g/mol. The summed E-state index contributed by atoms with van der Waals surface area (Å²) in [5.74, 6) is 1.50. The number of Topliss-reactive ketones (excluding diaryl/α,β-unsaturated/α-hetero) is 1. The van der Waals surface area contributed by atoms with E-state index in [9.17, 15) is 4.79 Å². The molecule has 26 heavy (non-hydrogen) atoms. The van der Waals surface area contributed by atoms with Crippen molar-refractivity contribution < 1.29 is 4.79 Å². The summed E-state index contributed by atoms with van der Waals surface area (Å²) >= 11 is 0. The zero-order valence-corrected chi connectivity index (χ0v) is 14.6. The second-order valence-corrected chi connectivity index (χ2v) is 6.27. The average Bonchev–Trinajstić information content (AvgIpc) is 3.06. The maximum atomic E-state index is 11.5. The molecule has 0 radical (unpaired) electrons. The van der Waals surface area contributed by atoms with Crippen LogP contribution in [0.15, 0.2) is 60.7 Å². The number of carbonyl (C=O) groups is 1. The molecule has 0 aliphatic heterocycles. The largest absolute Gasteiger partial charge is 0.323 e. The molecule has 0 aliphatic rings. The van der Waals surface area contributed by atoms with Crippen LogP contribution < -0.4 is 5.32 Å². The highest BCUT2D eigenvalue weighted by atomic mass is 16.1. The number of hydrogen-bond donors (Lipinski definition) is 2. The van der Waals surface area contributed by atoms with Gasteiger partial charge in [0.2, 0.25) is 0 Å². The molecule has 0 unspecified atom stereocenters. The standard InChI is InChI=1S/C21H18N4O/c1-13-11-20(25-24-13)22-19-12-17-5-3-4-6-18(17)21(23-19)16-9-7-15(8-10-16)14(2)26/h3-12H,1-2H3,(H2,22,23,24,25). The van der Waals surface area contributed by atoms with E-state index in [0.717, 1.165) is 39.4 Å². The lowest BCUT2D eigenvalue weighted by atomic mass is 10.0. The highest BCUT2D eigenvalue weighted by Gasteiger charge is 2.10. The van der Waals surface area contributed by atoms with Gasteiger partial charge in [0.1, 0.15) is 5.82 Å². The minimum absolute atomic E-state index is 0.0543. The Morgan fingerprint density at radius 3 is 2.46 bits per heavy atom. The van der Waals surface area contributed by atoms with Crippen LogP contribution in [-0.2, 0) is 0 Å². The molecule has 2 aromatic heterocycles. The van der Waals surface area contributed by atoms with Crippen molar-refractivity contribution in [3.63, 3.8) is 0 Å². The van der Waals surface area contributed by atoms with Gasteiger partial charge >= 0.3 is 0 Å². The Bertz CT molecular complexity index is 1100. The minimum Gasteiger partial charge on any atom is -0.323 e. The van der Waals surface area contributed by atoms with E-state index in [-0.39, 0.29) is 5.78 Å². The molecule has 0 bridgehead atoms. The lowest BCUT2D eigenvalue weighted by Crippen LogP contribution is -1.97. The highest BCUT2D eigenvalue weighted by molar-refractivity contribution is 5.98. The van der Waals surface area contributed by atoms with Crippen molar-refractivity contribution >= 4 is 28.2 Å². The van der Waals surface area contributed by atoms with E-state index in [4.69, 9.17) is 4.98 Å². The zero-order chi connectivity index (χ0) is 18.1. The normalized spacial score (nSPS) is 10.8. The number of fused-ring (bicyclic) bond motifs is 1. The molecule has 2 aromatic carbocycles. The number of anilines is 2. The van der Waals surface area contributed by atoms with Crippen LogP contribution in [0.2, 0.25) is 0 Å². The summed E-state index contributed by atoms with van der Waals surface area (Å²) in [5, 5.41) is 12.5. The second kappa shape index (κ2) is 6.44. The van der Waals surface area contributed by atoms with Crippen LogP contribution in [0, 0.1) is 6.92 Å². The van der Waals surface area contributed by atoms with E-state index in [1.807, 2.05) is 55.5 Å². The molecule has 0 saturated heterocycles.